The smallest absolute Gasteiger partial charge is 0.263 e. The molecule has 0 saturated heterocycles. The fourth-order valence-corrected chi connectivity index (χ4v) is 3.23. The summed E-state index contributed by atoms with van der Waals surface area (Å²) in [4.78, 5) is 16.5. The maximum atomic E-state index is 11.9. The summed E-state index contributed by atoms with van der Waals surface area (Å²) < 4.78 is 1.73. The van der Waals surface area contributed by atoms with E-state index in [0.717, 1.165) is 21.0 Å². The molecule has 0 aliphatic carbocycles. The second kappa shape index (κ2) is 5.01. The highest BCUT2D eigenvalue weighted by molar-refractivity contribution is 9.10. The minimum absolute atomic E-state index is 0.113. The van der Waals surface area contributed by atoms with Crippen molar-refractivity contribution in [1.82, 2.24) is 10.3 Å². The largest absolute Gasteiger partial charge is 0.397 e. The Morgan fingerprint density at radius 3 is 3.00 bits per heavy atom. The Bertz CT molecular complexity index is 567. The second-order valence-electron chi connectivity index (χ2n) is 3.60. The van der Waals surface area contributed by atoms with E-state index in [1.807, 2.05) is 6.92 Å². The molecule has 90 valence electrons. The first kappa shape index (κ1) is 12.3. The van der Waals surface area contributed by atoms with Gasteiger partial charge in [-0.05, 0) is 22.4 Å². The van der Waals surface area contributed by atoms with E-state index in [2.05, 4.69) is 26.2 Å². The van der Waals surface area contributed by atoms with E-state index in [4.69, 9.17) is 5.73 Å². The number of nitrogens with one attached hydrogen (secondary N) is 1. The minimum Gasteiger partial charge on any atom is -0.397 e. The number of amides is 1. The lowest BCUT2D eigenvalue weighted by molar-refractivity contribution is 0.0958. The van der Waals surface area contributed by atoms with Gasteiger partial charge in [-0.3, -0.25) is 9.78 Å². The molecule has 2 aromatic rings. The van der Waals surface area contributed by atoms with Crippen LogP contribution in [0.3, 0.4) is 0 Å². The lowest BCUT2D eigenvalue weighted by Gasteiger charge is -2.01. The summed E-state index contributed by atoms with van der Waals surface area (Å²) in [5.74, 6) is -0.113. The first-order chi connectivity index (χ1) is 8.15. The van der Waals surface area contributed by atoms with Crippen LogP contribution in [0.5, 0.6) is 0 Å². The van der Waals surface area contributed by atoms with Gasteiger partial charge in [-0.25, -0.2) is 0 Å². The summed E-state index contributed by atoms with van der Waals surface area (Å²) in [6.45, 7) is 2.67. The summed E-state index contributed by atoms with van der Waals surface area (Å²) >= 11 is 4.76. The molecular formula is C11H12BrN3OS. The molecule has 0 saturated carbocycles. The zero-order chi connectivity index (χ0) is 12.4. The van der Waals surface area contributed by atoms with E-state index in [0.29, 0.717) is 17.1 Å². The molecule has 2 heterocycles. The summed E-state index contributed by atoms with van der Waals surface area (Å²) in [5, 5.41) is 3.69. The topological polar surface area (TPSA) is 68.0 Å². The number of nitrogens with zero attached hydrogens (tertiary/aromatic N) is 1. The summed E-state index contributed by atoms with van der Waals surface area (Å²) in [5.41, 5.74) is 6.53. The van der Waals surface area contributed by atoms with Crippen molar-refractivity contribution in [3.8, 4) is 0 Å². The highest BCUT2D eigenvalue weighted by Crippen LogP contribution is 2.37. The zero-order valence-corrected chi connectivity index (χ0v) is 11.7. The number of nitrogen functional groups attached to an aromatic ring is 1. The van der Waals surface area contributed by atoms with Crippen LogP contribution < -0.4 is 11.1 Å². The second-order valence-corrected chi connectivity index (χ2v) is 5.50. The van der Waals surface area contributed by atoms with Crippen LogP contribution in [-0.4, -0.2) is 17.4 Å². The van der Waals surface area contributed by atoms with Gasteiger partial charge in [-0.2, -0.15) is 0 Å². The Labute approximate surface area is 111 Å². The van der Waals surface area contributed by atoms with Crippen molar-refractivity contribution in [2.45, 2.75) is 13.3 Å². The van der Waals surface area contributed by atoms with Crippen LogP contribution in [-0.2, 0) is 0 Å². The predicted octanol–water partition coefficient (Wildman–Crippen LogP) is 2.78. The van der Waals surface area contributed by atoms with Crippen molar-refractivity contribution in [1.29, 1.82) is 0 Å². The van der Waals surface area contributed by atoms with E-state index in [-0.39, 0.29) is 5.91 Å². The standard InChI is InChI=1S/C11H12BrN3OS/c1-2-3-15-11(16)10-9(13)8-6(12)4-14-5-7(8)17-10/h4-5H,2-3,13H2,1H3,(H,15,16). The van der Waals surface area contributed by atoms with Crippen molar-refractivity contribution in [2.24, 2.45) is 0 Å². The third kappa shape index (κ3) is 2.28. The molecule has 0 fully saturated rings. The minimum atomic E-state index is -0.113. The average molecular weight is 314 g/mol. The molecule has 17 heavy (non-hydrogen) atoms. The highest BCUT2D eigenvalue weighted by atomic mass is 79.9. The van der Waals surface area contributed by atoms with Crippen LogP contribution in [0.1, 0.15) is 23.0 Å². The Balaban J connectivity index is 2.46. The molecule has 4 nitrogen and oxygen atoms in total. The van der Waals surface area contributed by atoms with Crippen LogP contribution in [0.15, 0.2) is 16.9 Å². The number of anilines is 1. The third-order valence-electron chi connectivity index (χ3n) is 2.33. The number of carbonyl (C=O) groups is 1. The molecule has 0 bridgehead atoms. The van der Waals surface area contributed by atoms with Gasteiger partial charge in [0.1, 0.15) is 4.88 Å². The fourth-order valence-electron chi connectivity index (χ4n) is 1.52. The average Bonchev–Trinajstić information content (AvgIpc) is 2.65. The summed E-state index contributed by atoms with van der Waals surface area (Å²) in [6.07, 6.45) is 4.30. The van der Waals surface area contributed by atoms with Crippen LogP contribution in [0, 0.1) is 0 Å². The quantitative estimate of drug-likeness (QED) is 0.915. The first-order valence-electron chi connectivity index (χ1n) is 5.24. The Hall–Kier alpha value is -1.14. The molecule has 0 unspecified atom stereocenters. The molecule has 6 heteroatoms. The van der Waals surface area contributed by atoms with Gasteiger partial charge in [0.2, 0.25) is 0 Å². The number of fused-ring (bicyclic) bond motifs is 1. The van der Waals surface area contributed by atoms with Crippen molar-refractivity contribution in [3.63, 3.8) is 0 Å². The van der Waals surface area contributed by atoms with Crippen LogP contribution >= 0.6 is 27.3 Å². The van der Waals surface area contributed by atoms with Gasteiger partial charge in [0, 0.05) is 28.8 Å². The van der Waals surface area contributed by atoms with E-state index in [1.165, 1.54) is 11.3 Å². The monoisotopic (exact) mass is 313 g/mol. The van der Waals surface area contributed by atoms with E-state index in [1.54, 1.807) is 12.4 Å². The molecule has 2 rings (SSSR count). The SMILES string of the molecule is CCCNC(=O)c1sc2cncc(Br)c2c1N. The first-order valence-corrected chi connectivity index (χ1v) is 6.85. The molecule has 1 amide bonds. The van der Waals surface area contributed by atoms with Gasteiger partial charge in [0.15, 0.2) is 0 Å². The van der Waals surface area contributed by atoms with Gasteiger partial charge in [0.05, 0.1) is 10.4 Å². The zero-order valence-electron chi connectivity index (χ0n) is 9.29. The number of aromatic nitrogens is 1. The molecule has 2 aromatic heterocycles. The van der Waals surface area contributed by atoms with Gasteiger partial charge < -0.3 is 11.1 Å². The molecule has 3 N–H and O–H groups in total. The number of thiophene rings is 1. The lowest BCUT2D eigenvalue weighted by atomic mass is 10.2. The Morgan fingerprint density at radius 1 is 1.59 bits per heavy atom. The number of halogens is 1. The number of pyridine rings is 1. The van der Waals surface area contributed by atoms with Crippen molar-refractivity contribution < 1.29 is 4.79 Å². The number of nitrogens with two attached hydrogens (primary N) is 1. The highest BCUT2D eigenvalue weighted by Gasteiger charge is 2.17. The number of hydrogen-bond acceptors (Lipinski definition) is 4. The molecule has 0 radical (unpaired) electrons. The number of carbonyl (C=O) groups excluding carboxylic acids is 1. The maximum Gasteiger partial charge on any atom is 0.263 e. The molecule has 0 aliphatic rings. The fraction of sp³-hybridized carbons (Fsp3) is 0.273. The van der Waals surface area contributed by atoms with E-state index in [9.17, 15) is 4.79 Å². The molecule has 0 spiro atoms. The number of rotatable bonds is 3. The molecular weight excluding hydrogens is 302 g/mol. The third-order valence-corrected chi connectivity index (χ3v) is 4.07. The van der Waals surface area contributed by atoms with E-state index >= 15 is 0 Å². The summed E-state index contributed by atoms with van der Waals surface area (Å²) in [7, 11) is 0. The van der Waals surface area contributed by atoms with Crippen LogP contribution in [0.2, 0.25) is 0 Å². The Morgan fingerprint density at radius 2 is 2.35 bits per heavy atom. The van der Waals surface area contributed by atoms with Crippen molar-refractivity contribution in [3.05, 3.63) is 21.7 Å². The predicted molar refractivity (Wildman–Crippen MR) is 74.4 cm³/mol. The molecule has 0 atom stereocenters. The van der Waals surface area contributed by atoms with Gasteiger partial charge in [0.25, 0.3) is 5.91 Å². The van der Waals surface area contributed by atoms with E-state index < -0.39 is 0 Å². The number of hydrogen-bond donors (Lipinski definition) is 2. The van der Waals surface area contributed by atoms with Crippen LogP contribution in [0.4, 0.5) is 5.69 Å². The normalized spacial score (nSPS) is 10.7. The Kier molecular flexibility index (Phi) is 3.63. The molecule has 0 aromatic carbocycles. The van der Waals surface area contributed by atoms with Crippen LogP contribution in [0.25, 0.3) is 10.1 Å². The summed E-state index contributed by atoms with van der Waals surface area (Å²) in [6, 6.07) is 0. The van der Waals surface area contributed by atoms with Crippen molar-refractivity contribution in [2.75, 3.05) is 12.3 Å². The van der Waals surface area contributed by atoms with Gasteiger partial charge in [-0.1, -0.05) is 6.92 Å². The van der Waals surface area contributed by atoms with Gasteiger partial charge in [-0.15, -0.1) is 11.3 Å². The maximum absolute atomic E-state index is 11.9. The lowest BCUT2D eigenvalue weighted by Crippen LogP contribution is -2.23. The van der Waals surface area contributed by atoms with Gasteiger partial charge >= 0.3 is 0 Å². The molecule has 0 aliphatic heterocycles. The van der Waals surface area contributed by atoms with Crippen molar-refractivity contribution >= 4 is 48.9 Å².